The minimum absolute atomic E-state index is 0.133. The van der Waals surface area contributed by atoms with Crippen LogP contribution in [0.5, 0.6) is 0 Å². The molecule has 0 unspecified atom stereocenters. The van der Waals surface area contributed by atoms with Crippen LogP contribution in [0.4, 0.5) is 11.4 Å². The SMILES string of the molecule is Cc1n[nH]c(C)c1NS(=O)(=O)c1ccc(N)c(Br)c1. The Morgan fingerprint density at radius 1 is 1.37 bits per heavy atom. The van der Waals surface area contributed by atoms with Crippen molar-refractivity contribution in [3.8, 4) is 0 Å². The molecule has 102 valence electrons. The zero-order chi connectivity index (χ0) is 14.2. The Balaban J connectivity index is 2.41. The number of aryl methyl sites for hydroxylation is 2. The summed E-state index contributed by atoms with van der Waals surface area (Å²) < 4.78 is 27.6. The van der Waals surface area contributed by atoms with Gasteiger partial charge in [-0.1, -0.05) is 0 Å². The number of anilines is 2. The summed E-state index contributed by atoms with van der Waals surface area (Å²) in [7, 11) is -3.66. The minimum atomic E-state index is -3.66. The van der Waals surface area contributed by atoms with Gasteiger partial charge in [0.05, 0.1) is 22.0 Å². The quantitative estimate of drug-likeness (QED) is 0.742. The Labute approximate surface area is 119 Å². The van der Waals surface area contributed by atoms with Gasteiger partial charge in [0.25, 0.3) is 10.0 Å². The summed E-state index contributed by atoms with van der Waals surface area (Å²) >= 11 is 3.21. The molecule has 2 aromatic rings. The summed E-state index contributed by atoms with van der Waals surface area (Å²) in [5.74, 6) is 0. The lowest BCUT2D eigenvalue weighted by atomic mass is 10.3. The molecule has 0 fully saturated rings. The zero-order valence-corrected chi connectivity index (χ0v) is 12.8. The fraction of sp³-hybridized carbons (Fsp3) is 0.182. The van der Waals surface area contributed by atoms with Crippen LogP contribution in [0.2, 0.25) is 0 Å². The molecule has 0 spiro atoms. The van der Waals surface area contributed by atoms with Crippen LogP contribution in [0.25, 0.3) is 0 Å². The molecule has 2 rings (SSSR count). The first-order valence-electron chi connectivity index (χ1n) is 5.40. The van der Waals surface area contributed by atoms with Gasteiger partial charge >= 0.3 is 0 Å². The van der Waals surface area contributed by atoms with Crippen LogP contribution in [-0.2, 0) is 10.0 Å². The first kappa shape index (κ1) is 13.9. The van der Waals surface area contributed by atoms with Gasteiger partial charge < -0.3 is 5.73 Å². The lowest BCUT2D eigenvalue weighted by molar-refractivity contribution is 0.601. The van der Waals surface area contributed by atoms with Gasteiger partial charge in [-0.3, -0.25) is 9.82 Å². The largest absolute Gasteiger partial charge is 0.398 e. The highest BCUT2D eigenvalue weighted by Gasteiger charge is 2.18. The molecule has 1 aromatic carbocycles. The third-order valence-corrected chi connectivity index (χ3v) is 4.68. The number of halogens is 1. The van der Waals surface area contributed by atoms with Gasteiger partial charge in [-0.05, 0) is 48.0 Å². The van der Waals surface area contributed by atoms with Gasteiger partial charge in [-0.25, -0.2) is 8.42 Å². The lowest BCUT2D eigenvalue weighted by Crippen LogP contribution is -2.14. The number of nitrogens with zero attached hydrogens (tertiary/aromatic N) is 1. The number of rotatable bonds is 3. The molecular weight excluding hydrogens is 332 g/mol. The fourth-order valence-corrected chi connectivity index (χ4v) is 3.31. The van der Waals surface area contributed by atoms with Crippen LogP contribution in [0, 0.1) is 13.8 Å². The molecule has 0 aliphatic carbocycles. The highest BCUT2D eigenvalue weighted by molar-refractivity contribution is 9.10. The average Bonchev–Trinajstić information content (AvgIpc) is 2.64. The molecule has 6 nitrogen and oxygen atoms in total. The predicted octanol–water partition coefficient (Wildman–Crippen LogP) is 2.17. The van der Waals surface area contributed by atoms with E-state index < -0.39 is 10.0 Å². The van der Waals surface area contributed by atoms with Gasteiger partial charge in [-0.15, -0.1) is 0 Å². The number of aromatic amines is 1. The molecule has 4 N–H and O–H groups in total. The first-order valence-corrected chi connectivity index (χ1v) is 7.68. The van der Waals surface area contributed by atoms with Gasteiger partial charge in [0, 0.05) is 10.2 Å². The molecule has 19 heavy (non-hydrogen) atoms. The molecular formula is C11H13BrN4O2S. The third kappa shape index (κ3) is 2.74. The highest BCUT2D eigenvalue weighted by Crippen LogP contribution is 2.26. The van der Waals surface area contributed by atoms with E-state index in [4.69, 9.17) is 5.73 Å². The Bertz CT molecular complexity index is 705. The second kappa shape index (κ2) is 4.86. The van der Waals surface area contributed by atoms with E-state index in [1.54, 1.807) is 13.8 Å². The predicted molar refractivity (Wildman–Crippen MR) is 77.4 cm³/mol. The zero-order valence-electron chi connectivity index (χ0n) is 10.4. The van der Waals surface area contributed by atoms with E-state index in [1.807, 2.05) is 0 Å². The van der Waals surface area contributed by atoms with Crippen molar-refractivity contribution in [2.45, 2.75) is 18.7 Å². The van der Waals surface area contributed by atoms with Crippen molar-refractivity contribution < 1.29 is 8.42 Å². The molecule has 0 aliphatic heterocycles. The molecule has 0 atom stereocenters. The second-order valence-corrected chi connectivity index (χ2v) is 6.63. The van der Waals surface area contributed by atoms with Crippen LogP contribution in [0.1, 0.15) is 11.4 Å². The van der Waals surface area contributed by atoms with Gasteiger partial charge in [-0.2, -0.15) is 5.10 Å². The summed E-state index contributed by atoms with van der Waals surface area (Å²) in [6.45, 7) is 3.47. The molecule has 0 saturated carbocycles. The first-order chi connectivity index (χ1) is 8.81. The summed E-state index contributed by atoms with van der Waals surface area (Å²) in [6, 6.07) is 4.45. The van der Waals surface area contributed by atoms with Crippen LogP contribution >= 0.6 is 15.9 Å². The number of nitrogen functional groups attached to an aromatic ring is 1. The second-order valence-electron chi connectivity index (χ2n) is 4.10. The van der Waals surface area contributed by atoms with E-state index in [9.17, 15) is 8.42 Å². The topological polar surface area (TPSA) is 101 Å². The van der Waals surface area contributed by atoms with Crippen molar-refractivity contribution in [1.82, 2.24) is 10.2 Å². The Morgan fingerprint density at radius 3 is 2.58 bits per heavy atom. The minimum Gasteiger partial charge on any atom is -0.398 e. The monoisotopic (exact) mass is 344 g/mol. The summed E-state index contributed by atoms with van der Waals surface area (Å²) in [5.41, 5.74) is 7.84. The smallest absolute Gasteiger partial charge is 0.262 e. The molecule has 1 heterocycles. The molecule has 1 aromatic heterocycles. The van der Waals surface area contributed by atoms with E-state index in [0.29, 0.717) is 27.2 Å². The number of hydrogen-bond donors (Lipinski definition) is 3. The number of H-pyrrole nitrogens is 1. The van der Waals surface area contributed by atoms with E-state index >= 15 is 0 Å². The highest BCUT2D eigenvalue weighted by atomic mass is 79.9. The Hall–Kier alpha value is -1.54. The number of aromatic nitrogens is 2. The molecule has 0 radical (unpaired) electrons. The van der Waals surface area contributed by atoms with Crippen LogP contribution in [0.3, 0.4) is 0 Å². The number of sulfonamides is 1. The van der Waals surface area contributed by atoms with Crippen molar-refractivity contribution in [2.75, 3.05) is 10.5 Å². The maximum absolute atomic E-state index is 12.3. The van der Waals surface area contributed by atoms with Gasteiger partial charge in [0.1, 0.15) is 0 Å². The van der Waals surface area contributed by atoms with Crippen LogP contribution in [0.15, 0.2) is 27.6 Å². The number of nitrogens with one attached hydrogen (secondary N) is 2. The average molecular weight is 345 g/mol. The summed E-state index contributed by atoms with van der Waals surface area (Å²) in [5, 5.41) is 6.67. The van der Waals surface area contributed by atoms with Crippen molar-refractivity contribution in [3.63, 3.8) is 0 Å². The molecule has 0 amide bonds. The molecule has 8 heteroatoms. The van der Waals surface area contributed by atoms with Crippen molar-refractivity contribution in [2.24, 2.45) is 0 Å². The van der Waals surface area contributed by atoms with E-state index in [0.717, 1.165) is 0 Å². The van der Waals surface area contributed by atoms with Gasteiger partial charge in [0.2, 0.25) is 0 Å². The van der Waals surface area contributed by atoms with Crippen LogP contribution in [-0.4, -0.2) is 18.6 Å². The lowest BCUT2D eigenvalue weighted by Gasteiger charge is -2.09. The Morgan fingerprint density at radius 2 is 2.05 bits per heavy atom. The maximum Gasteiger partial charge on any atom is 0.262 e. The Kier molecular flexibility index (Phi) is 3.55. The van der Waals surface area contributed by atoms with Gasteiger partial charge in [0.15, 0.2) is 0 Å². The van der Waals surface area contributed by atoms with E-state index in [1.165, 1.54) is 18.2 Å². The number of hydrogen-bond acceptors (Lipinski definition) is 4. The third-order valence-electron chi connectivity index (χ3n) is 2.65. The molecule has 0 bridgehead atoms. The summed E-state index contributed by atoms with van der Waals surface area (Å²) in [4.78, 5) is 0.133. The number of nitrogens with two attached hydrogens (primary N) is 1. The molecule has 0 saturated heterocycles. The number of benzene rings is 1. The van der Waals surface area contributed by atoms with E-state index in [2.05, 4.69) is 30.8 Å². The fourth-order valence-electron chi connectivity index (χ4n) is 1.57. The van der Waals surface area contributed by atoms with Crippen LogP contribution < -0.4 is 10.5 Å². The van der Waals surface area contributed by atoms with Crippen molar-refractivity contribution in [3.05, 3.63) is 34.1 Å². The van der Waals surface area contributed by atoms with Crippen molar-refractivity contribution in [1.29, 1.82) is 0 Å². The summed E-state index contributed by atoms with van der Waals surface area (Å²) in [6.07, 6.45) is 0. The maximum atomic E-state index is 12.3. The van der Waals surface area contributed by atoms with E-state index in [-0.39, 0.29) is 4.90 Å². The van der Waals surface area contributed by atoms with Crippen molar-refractivity contribution >= 4 is 37.3 Å². The standard InChI is InChI=1S/C11H13BrN4O2S/c1-6-11(7(2)15-14-6)16-19(17,18)8-3-4-10(13)9(12)5-8/h3-5,16H,13H2,1-2H3,(H,14,15). The molecule has 0 aliphatic rings. The normalized spacial score (nSPS) is 11.5.